The SMILES string of the molecule is CC(C)CC(C)(CN)NS(=O)(=O)CC(=O)O. The van der Waals surface area contributed by atoms with E-state index < -0.39 is 27.3 Å². The summed E-state index contributed by atoms with van der Waals surface area (Å²) in [6.45, 7) is 5.69. The van der Waals surface area contributed by atoms with E-state index in [1.165, 1.54) is 0 Å². The molecule has 1 unspecified atom stereocenters. The minimum absolute atomic E-state index is 0.129. The third kappa shape index (κ3) is 6.04. The van der Waals surface area contributed by atoms with E-state index in [4.69, 9.17) is 10.8 Å². The van der Waals surface area contributed by atoms with Gasteiger partial charge in [-0.1, -0.05) is 13.8 Å². The van der Waals surface area contributed by atoms with Crippen LogP contribution in [0.2, 0.25) is 0 Å². The Morgan fingerprint density at radius 3 is 2.31 bits per heavy atom. The van der Waals surface area contributed by atoms with Crippen LogP contribution in [0.4, 0.5) is 0 Å². The molecule has 0 amide bonds. The standard InChI is InChI=1S/C9H20N2O4S/c1-7(2)4-9(3,6-10)11-16(14,15)5-8(12)13/h7,11H,4-6,10H2,1-3H3,(H,12,13). The molecule has 0 aliphatic carbocycles. The number of carboxylic acids is 1. The van der Waals surface area contributed by atoms with Crippen LogP contribution in [-0.4, -0.2) is 37.3 Å². The third-order valence-corrected chi connectivity index (χ3v) is 3.46. The molecule has 0 saturated carbocycles. The lowest BCUT2D eigenvalue weighted by atomic mass is 9.92. The highest BCUT2D eigenvalue weighted by Gasteiger charge is 2.30. The van der Waals surface area contributed by atoms with Crippen LogP contribution in [0.3, 0.4) is 0 Å². The maximum atomic E-state index is 11.4. The number of aliphatic carboxylic acids is 1. The highest BCUT2D eigenvalue weighted by Crippen LogP contribution is 2.16. The zero-order valence-electron chi connectivity index (χ0n) is 9.86. The summed E-state index contributed by atoms with van der Waals surface area (Å²) in [5.74, 6) is -2.04. The van der Waals surface area contributed by atoms with Crippen molar-refractivity contribution in [1.29, 1.82) is 0 Å². The van der Waals surface area contributed by atoms with Gasteiger partial charge in [-0.3, -0.25) is 4.79 Å². The van der Waals surface area contributed by atoms with Crippen LogP contribution >= 0.6 is 0 Å². The van der Waals surface area contributed by atoms with E-state index in [9.17, 15) is 13.2 Å². The average molecular weight is 252 g/mol. The summed E-state index contributed by atoms with van der Waals surface area (Å²) in [5, 5.41) is 8.45. The van der Waals surface area contributed by atoms with Gasteiger partial charge in [0, 0.05) is 12.1 Å². The van der Waals surface area contributed by atoms with E-state index in [0.29, 0.717) is 6.42 Å². The molecule has 0 spiro atoms. The largest absolute Gasteiger partial charge is 0.480 e. The Hall–Kier alpha value is -0.660. The summed E-state index contributed by atoms with van der Waals surface area (Å²) in [5.41, 5.74) is 4.73. The Bertz CT molecular complexity index is 339. The number of carbonyl (C=O) groups is 1. The second kappa shape index (κ2) is 5.60. The van der Waals surface area contributed by atoms with E-state index in [1.807, 2.05) is 13.8 Å². The smallest absolute Gasteiger partial charge is 0.320 e. The van der Waals surface area contributed by atoms with Crippen LogP contribution in [0.25, 0.3) is 0 Å². The first kappa shape index (κ1) is 15.3. The molecule has 0 aliphatic rings. The number of rotatable bonds is 7. The van der Waals surface area contributed by atoms with Crippen LogP contribution in [0, 0.1) is 5.92 Å². The predicted molar refractivity (Wildman–Crippen MR) is 61.5 cm³/mol. The van der Waals surface area contributed by atoms with E-state index in [-0.39, 0.29) is 12.5 Å². The maximum absolute atomic E-state index is 11.4. The number of nitrogens with two attached hydrogens (primary N) is 1. The Labute approximate surface area is 96.3 Å². The first-order valence-corrected chi connectivity index (χ1v) is 6.69. The van der Waals surface area contributed by atoms with E-state index in [1.54, 1.807) is 6.92 Å². The fourth-order valence-corrected chi connectivity index (χ4v) is 2.96. The van der Waals surface area contributed by atoms with Crippen molar-refractivity contribution in [3.8, 4) is 0 Å². The highest BCUT2D eigenvalue weighted by molar-refractivity contribution is 7.90. The zero-order valence-corrected chi connectivity index (χ0v) is 10.7. The van der Waals surface area contributed by atoms with Crippen LogP contribution in [0.5, 0.6) is 0 Å². The predicted octanol–water partition coefficient (Wildman–Crippen LogP) is -0.246. The summed E-state index contributed by atoms with van der Waals surface area (Å²) >= 11 is 0. The lowest BCUT2D eigenvalue weighted by molar-refractivity contribution is -0.134. The minimum Gasteiger partial charge on any atom is -0.480 e. The van der Waals surface area contributed by atoms with Crippen molar-refractivity contribution in [2.24, 2.45) is 11.7 Å². The number of hydrogen-bond acceptors (Lipinski definition) is 4. The van der Waals surface area contributed by atoms with Crippen molar-refractivity contribution in [3.63, 3.8) is 0 Å². The van der Waals surface area contributed by atoms with E-state index >= 15 is 0 Å². The fraction of sp³-hybridized carbons (Fsp3) is 0.889. The average Bonchev–Trinajstić information content (AvgIpc) is 1.98. The zero-order chi connectivity index (χ0) is 13.0. The minimum atomic E-state index is -3.83. The molecular formula is C9H20N2O4S. The molecule has 0 radical (unpaired) electrons. The van der Waals surface area contributed by atoms with Gasteiger partial charge in [0.2, 0.25) is 10.0 Å². The monoisotopic (exact) mass is 252 g/mol. The lowest BCUT2D eigenvalue weighted by Gasteiger charge is -2.30. The van der Waals surface area contributed by atoms with Crippen molar-refractivity contribution in [2.75, 3.05) is 12.3 Å². The van der Waals surface area contributed by atoms with Crippen LogP contribution in [0.1, 0.15) is 27.2 Å². The molecule has 16 heavy (non-hydrogen) atoms. The molecule has 0 aromatic heterocycles. The van der Waals surface area contributed by atoms with E-state index in [2.05, 4.69) is 4.72 Å². The van der Waals surface area contributed by atoms with Crippen LogP contribution < -0.4 is 10.5 Å². The molecule has 0 aliphatic heterocycles. The first-order chi connectivity index (χ1) is 7.10. The molecule has 1 atom stereocenters. The van der Waals surface area contributed by atoms with Gasteiger partial charge in [-0.2, -0.15) is 0 Å². The molecule has 4 N–H and O–H groups in total. The molecule has 0 fully saturated rings. The Morgan fingerprint density at radius 2 is 2.00 bits per heavy atom. The van der Waals surface area contributed by atoms with Gasteiger partial charge < -0.3 is 10.8 Å². The Balaban J connectivity index is 4.71. The van der Waals surface area contributed by atoms with Crippen molar-refractivity contribution in [2.45, 2.75) is 32.7 Å². The molecule has 0 saturated heterocycles. The van der Waals surface area contributed by atoms with Crippen molar-refractivity contribution < 1.29 is 18.3 Å². The van der Waals surface area contributed by atoms with Gasteiger partial charge in [0.15, 0.2) is 5.75 Å². The molecule has 7 heteroatoms. The number of sulfonamides is 1. The summed E-state index contributed by atoms with van der Waals surface area (Å²) in [6, 6.07) is 0. The van der Waals surface area contributed by atoms with Gasteiger partial charge in [0.25, 0.3) is 0 Å². The Morgan fingerprint density at radius 1 is 1.50 bits per heavy atom. The third-order valence-electron chi connectivity index (χ3n) is 2.02. The summed E-state index contributed by atoms with van der Waals surface area (Å²) < 4.78 is 25.2. The van der Waals surface area contributed by atoms with Crippen LogP contribution in [0.15, 0.2) is 0 Å². The molecule has 96 valence electrons. The topological polar surface area (TPSA) is 109 Å². The molecule has 0 aromatic carbocycles. The molecular weight excluding hydrogens is 232 g/mol. The van der Waals surface area contributed by atoms with E-state index in [0.717, 1.165) is 0 Å². The van der Waals surface area contributed by atoms with Crippen molar-refractivity contribution in [3.05, 3.63) is 0 Å². The quantitative estimate of drug-likeness (QED) is 0.579. The summed E-state index contributed by atoms with van der Waals surface area (Å²) in [4.78, 5) is 10.4. The number of hydrogen-bond donors (Lipinski definition) is 3. The maximum Gasteiger partial charge on any atom is 0.320 e. The van der Waals surface area contributed by atoms with Gasteiger partial charge in [-0.05, 0) is 19.3 Å². The molecule has 6 nitrogen and oxygen atoms in total. The Kier molecular flexibility index (Phi) is 5.37. The van der Waals surface area contributed by atoms with Crippen molar-refractivity contribution >= 4 is 16.0 Å². The van der Waals surface area contributed by atoms with Gasteiger partial charge in [-0.15, -0.1) is 0 Å². The molecule has 0 bridgehead atoms. The second-order valence-electron chi connectivity index (χ2n) is 4.62. The highest BCUT2D eigenvalue weighted by atomic mass is 32.2. The van der Waals surface area contributed by atoms with Crippen molar-refractivity contribution in [1.82, 2.24) is 4.72 Å². The normalized spacial score (nSPS) is 16.1. The van der Waals surface area contributed by atoms with Gasteiger partial charge in [-0.25, -0.2) is 13.1 Å². The van der Waals surface area contributed by atoms with Gasteiger partial charge in [0.1, 0.15) is 0 Å². The molecule has 0 rings (SSSR count). The number of carboxylic acid groups (broad SMARTS) is 1. The summed E-state index contributed by atoms with van der Waals surface area (Å²) in [7, 11) is -3.83. The summed E-state index contributed by atoms with van der Waals surface area (Å²) in [6.07, 6.45) is 0.558. The fourth-order valence-electron chi connectivity index (χ4n) is 1.64. The molecule has 0 aromatic rings. The molecule has 0 heterocycles. The number of nitrogens with one attached hydrogen (secondary N) is 1. The van der Waals surface area contributed by atoms with Gasteiger partial charge >= 0.3 is 5.97 Å². The second-order valence-corrected chi connectivity index (χ2v) is 6.34. The van der Waals surface area contributed by atoms with Gasteiger partial charge in [0.05, 0.1) is 0 Å². The first-order valence-electron chi connectivity index (χ1n) is 5.04. The van der Waals surface area contributed by atoms with Crippen LogP contribution in [-0.2, 0) is 14.8 Å². The lowest BCUT2D eigenvalue weighted by Crippen LogP contribution is -2.53.